The van der Waals surface area contributed by atoms with Crippen molar-refractivity contribution in [2.75, 3.05) is 32.6 Å². The summed E-state index contributed by atoms with van der Waals surface area (Å²) < 4.78 is 1.93. The summed E-state index contributed by atoms with van der Waals surface area (Å²) in [5.41, 5.74) is 2.20. The van der Waals surface area contributed by atoms with Crippen LogP contribution in [0.3, 0.4) is 0 Å². The minimum atomic E-state index is 0. The van der Waals surface area contributed by atoms with Gasteiger partial charge in [0.05, 0.1) is 5.52 Å². The van der Waals surface area contributed by atoms with Gasteiger partial charge >= 0.3 is 0 Å². The minimum absolute atomic E-state index is 0. The number of benzene rings is 1. The Kier molecular flexibility index (Phi) is 8.49. The Morgan fingerprint density at radius 2 is 2.00 bits per heavy atom. The van der Waals surface area contributed by atoms with Gasteiger partial charge in [0.25, 0.3) is 0 Å². The number of nitrogens with one attached hydrogen (secondary N) is 2. The van der Waals surface area contributed by atoms with E-state index in [9.17, 15) is 0 Å². The van der Waals surface area contributed by atoms with E-state index in [4.69, 9.17) is 4.98 Å². The number of hydrogen-bond donors (Lipinski definition) is 2. The third kappa shape index (κ3) is 5.82. The maximum absolute atomic E-state index is 4.71. The fraction of sp³-hybridized carbons (Fsp3) is 0.350. The van der Waals surface area contributed by atoms with Gasteiger partial charge in [0.1, 0.15) is 5.82 Å². The number of anilines is 1. The fourth-order valence-electron chi connectivity index (χ4n) is 2.89. The van der Waals surface area contributed by atoms with E-state index in [1.165, 1.54) is 5.56 Å². The largest absolute Gasteiger partial charge is 0.363 e. The van der Waals surface area contributed by atoms with Crippen LogP contribution in [0.15, 0.2) is 53.8 Å². The van der Waals surface area contributed by atoms with E-state index in [1.807, 2.05) is 54.1 Å². The van der Waals surface area contributed by atoms with E-state index < -0.39 is 0 Å². The third-order valence-corrected chi connectivity index (χ3v) is 4.33. The lowest BCUT2D eigenvalue weighted by molar-refractivity contribution is 0.570. The number of aliphatic imine (C=N–C) groups is 1. The van der Waals surface area contributed by atoms with Crippen molar-refractivity contribution in [2.45, 2.75) is 19.5 Å². The number of hydrogen-bond acceptors (Lipinski definition) is 4. The molecule has 7 nitrogen and oxygen atoms in total. The third-order valence-electron chi connectivity index (χ3n) is 4.33. The van der Waals surface area contributed by atoms with E-state index in [-0.39, 0.29) is 24.0 Å². The second-order valence-electron chi connectivity index (χ2n) is 6.53. The van der Waals surface area contributed by atoms with E-state index in [2.05, 4.69) is 32.9 Å². The summed E-state index contributed by atoms with van der Waals surface area (Å²) >= 11 is 0. The van der Waals surface area contributed by atoms with Gasteiger partial charge in [-0.2, -0.15) is 5.10 Å². The van der Waals surface area contributed by atoms with Gasteiger partial charge in [-0.3, -0.25) is 9.67 Å². The lowest BCUT2D eigenvalue weighted by Gasteiger charge is -2.17. The standard InChI is InChI=1S/C20H27N7.HI/c1-21-20(22-10-6-12-27-13-7-11-24-27)23-15-16-14-19(26(2)3)25-18-9-5-4-8-17(16)18;/h4-5,7-9,11,13-14H,6,10,12,15H2,1-3H3,(H2,21,22,23);1H. The van der Waals surface area contributed by atoms with Crippen molar-refractivity contribution in [1.82, 2.24) is 25.4 Å². The molecule has 28 heavy (non-hydrogen) atoms. The quantitative estimate of drug-likeness (QED) is 0.229. The first-order valence-electron chi connectivity index (χ1n) is 9.15. The zero-order valence-corrected chi connectivity index (χ0v) is 18.9. The molecule has 0 radical (unpaired) electrons. The summed E-state index contributed by atoms with van der Waals surface area (Å²) in [6, 6.07) is 12.3. The molecular weight excluding hydrogens is 465 g/mol. The van der Waals surface area contributed by atoms with Crippen LogP contribution < -0.4 is 15.5 Å². The van der Waals surface area contributed by atoms with Crippen molar-refractivity contribution in [3.05, 3.63) is 54.4 Å². The summed E-state index contributed by atoms with van der Waals surface area (Å²) in [7, 11) is 5.81. The summed E-state index contributed by atoms with van der Waals surface area (Å²) in [4.78, 5) is 11.1. The summed E-state index contributed by atoms with van der Waals surface area (Å²) in [5.74, 6) is 1.75. The predicted molar refractivity (Wildman–Crippen MR) is 127 cm³/mol. The van der Waals surface area contributed by atoms with Crippen LogP contribution in [0.4, 0.5) is 5.82 Å². The molecule has 0 saturated heterocycles. The van der Waals surface area contributed by atoms with Crippen LogP contribution in [0, 0.1) is 0 Å². The number of aryl methyl sites for hydroxylation is 1. The number of para-hydroxylation sites is 1. The van der Waals surface area contributed by atoms with Crippen molar-refractivity contribution in [1.29, 1.82) is 0 Å². The first-order chi connectivity index (χ1) is 13.2. The smallest absolute Gasteiger partial charge is 0.191 e. The summed E-state index contributed by atoms with van der Waals surface area (Å²) in [6.45, 7) is 2.40. The Morgan fingerprint density at radius 3 is 2.71 bits per heavy atom. The van der Waals surface area contributed by atoms with Crippen LogP contribution in [0.2, 0.25) is 0 Å². The molecule has 150 valence electrons. The SMILES string of the molecule is CN=C(NCCCn1cccn1)NCc1cc(N(C)C)nc2ccccc12.I. The van der Waals surface area contributed by atoms with Crippen LogP contribution in [-0.2, 0) is 13.1 Å². The van der Waals surface area contributed by atoms with Crippen molar-refractivity contribution in [3.8, 4) is 0 Å². The first kappa shape index (κ1) is 21.9. The molecule has 0 saturated carbocycles. The normalized spacial score (nSPS) is 11.2. The number of aromatic nitrogens is 3. The van der Waals surface area contributed by atoms with E-state index >= 15 is 0 Å². The molecule has 3 aromatic rings. The molecule has 0 fully saturated rings. The van der Waals surface area contributed by atoms with Crippen molar-refractivity contribution < 1.29 is 0 Å². The molecule has 3 rings (SSSR count). The van der Waals surface area contributed by atoms with E-state index in [0.717, 1.165) is 42.2 Å². The van der Waals surface area contributed by atoms with Crippen molar-refractivity contribution in [2.24, 2.45) is 4.99 Å². The molecule has 0 aliphatic carbocycles. The monoisotopic (exact) mass is 493 g/mol. The topological polar surface area (TPSA) is 70.4 Å². The molecule has 1 aromatic carbocycles. The lowest BCUT2D eigenvalue weighted by Crippen LogP contribution is -2.37. The number of rotatable bonds is 7. The Balaban J connectivity index is 0.00000280. The maximum Gasteiger partial charge on any atom is 0.191 e. The van der Waals surface area contributed by atoms with Crippen LogP contribution in [0.25, 0.3) is 10.9 Å². The Morgan fingerprint density at radius 1 is 1.18 bits per heavy atom. The van der Waals surface area contributed by atoms with E-state index in [0.29, 0.717) is 6.54 Å². The second kappa shape index (κ2) is 10.8. The average molecular weight is 493 g/mol. The Hall–Kier alpha value is -2.36. The van der Waals surface area contributed by atoms with Crippen LogP contribution >= 0.6 is 24.0 Å². The number of nitrogens with zero attached hydrogens (tertiary/aromatic N) is 5. The van der Waals surface area contributed by atoms with Gasteiger partial charge in [0, 0.05) is 58.6 Å². The highest BCUT2D eigenvalue weighted by Crippen LogP contribution is 2.21. The van der Waals surface area contributed by atoms with Gasteiger partial charge in [-0.25, -0.2) is 4.98 Å². The number of guanidine groups is 1. The van der Waals surface area contributed by atoms with Crippen LogP contribution in [0.5, 0.6) is 0 Å². The van der Waals surface area contributed by atoms with Gasteiger partial charge in [0.15, 0.2) is 5.96 Å². The molecule has 0 atom stereocenters. The van der Waals surface area contributed by atoms with Gasteiger partial charge in [-0.1, -0.05) is 18.2 Å². The minimum Gasteiger partial charge on any atom is -0.363 e. The number of fused-ring (bicyclic) bond motifs is 1. The molecule has 2 N–H and O–H groups in total. The summed E-state index contributed by atoms with van der Waals surface area (Å²) in [6.07, 6.45) is 4.75. The lowest BCUT2D eigenvalue weighted by atomic mass is 10.1. The van der Waals surface area contributed by atoms with Gasteiger partial charge < -0.3 is 15.5 Å². The highest BCUT2D eigenvalue weighted by atomic mass is 127. The van der Waals surface area contributed by atoms with Crippen LogP contribution in [-0.4, -0.2) is 48.4 Å². The fourth-order valence-corrected chi connectivity index (χ4v) is 2.89. The van der Waals surface area contributed by atoms with Gasteiger partial charge in [0.2, 0.25) is 0 Å². The second-order valence-corrected chi connectivity index (χ2v) is 6.53. The zero-order valence-electron chi connectivity index (χ0n) is 16.6. The molecule has 2 aromatic heterocycles. The summed E-state index contributed by atoms with van der Waals surface area (Å²) in [5, 5.41) is 12.1. The first-order valence-corrected chi connectivity index (χ1v) is 9.15. The highest BCUT2D eigenvalue weighted by Gasteiger charge is 2.08. The predicted octanol–water partition coefficient (Wildman–Crippen LogP) is 2.87. The van der Waals surface area contributed by atoms with Crippen molar-refractivity contribution in [3.63, 3.8) is 0 Å². The molecule has 2 heterocycles. The maximum atomic E-state index is 4.71. The van der Waals surface area contributed by atoms with Gasteiger partial charge in [-0.05, 0) is 30.2 Å². The Labute approximate surface area is 183 Å². The van der Waals surface area contributed by atoms with Gasteiger partial charge in [-0.15, -0.1) is 24.0 Å². The number of pyridine rings is 1. The molecular formula is C20H28IN7. The van der Waals surface area contributed by atoms with Crippen molar-refractivity contribution >= 4 is 46.7 Å². The molecule has 0 aliphatic heterocycles. The average Bonchev–Trinajstić information content (AvgIpc) is 3.20. The molecule has 0 unspecified atom stereocenters. The molecule has 0 spiro atoms. The van der Waals surface area contributed by atoms with E-state index in [1.54, 1.807) is 13.2 Å². The zero-order chi connectivity index (χ0) is 19.1. The molecule has 0 aliphatic rings. The molecule has 0 amide bonds. The molecule has 0 bridgehead atoms. The number of halogens is 1. The van der Waals surface area contributed by atoms with Crippen LogP contribution in [0.1, 0.15) is 12.0 Å². The Bertz CT molecular complexity index is 891. The highest BCUT2D eigenvalue weighted by molar-refractivity contribution is 14.0. The molecule has 8 heteroatoms.